The number of rotatable bonds is 4. The molecule has 0 unspecified atom stereocenters. The number of nitrogens with zero attached hydrogens (tertiary/aromatic N) is 1. The van der Waals surface area contributed by atoms with Gasteiger partial charge in [0.05, 0.1) is 5.69 Å². The topological polar surface area (TPSA) is 68.0 Å². The van der Waals surface area contributed by atoms with Crippen molar-refractivity contribution < 1.29 is 4.79 Å². The lowest BCUT2D eigenvalue weighted by Gasteiger charge is -2.14. The highest BCUT2D eigenvalue weighted by molar-refractivity contribution is 6.06. The SMILES string of the molecule is CCc1cccc(CC)c1NC(=O)c1ncccc1N. The Morgan fingerprint density at radius 2 is 1.80 bits per heavy atom. The summed E-state index contributed by atoms with van der Waals surface area (Å²) in [5.41, 5.74) is 9.56. The van der Waals surface area contributed by atoms with Crippen LogP contribution in [-0.4, -0.2) is 10.9 Å². The van der Waals surface area contributed by atoms with Gasteiger partial charge >= 0.3 is 0 Å². The van der Waals surface area contributed by atoms with Crippen molar-refractivity contribution in [3.05, 3.63) is 53.3 Å². The van der Waals surface area contributed by atoms with E-state index in [1.54, 1.807) is 18.3 Å². The molecule has 104 valence electrons. The van der Waals surface area contributed by atoms with Crippen molar-refractivity contribution >= 4 is 17.3 Å². The average molecular weight is 269 g/mol. The van der Waals surface area contributed by atoms with Gasteiger partial charge in [-0.1, -0.05) is 32.0 Å². The van der Waals surface area contributed by atoms with Gasteiger partial charge in [-0.15, -0.1) is 0 Å². The van der Waals surface area contributed by atoms with Crippen molar-refractivity contribution in [1.82, 2.24) is 4.98 Å². The number of nitrogen functional groups attached to an aromatic ring is 1. The fourth-order valence-electron chi connectivity index (χ4n) is 2.18. The molecule has 20 heavy (non-hydrogen) atoms. The summed E-state index contributed by atoms with van der Waals surface area (Å²) in [6.07, 6.45) is 3.29. The molecule has 0 atom stereocenters. The minimum absolute atomic E-state index is 0.264. The number of hydrogen-bond donors (Lipinski definition) is 2. The predicted octanol–water partition coefficient (Wildman–Crippen LogP) is 3.04. The van der Waals surface area contributed by atoms with Crippen molar-refractivity contribution in [2.75, 3.05) is 11.1 Å². The molecule has 4 heteroatoms. The van der Waals surface area contributed by atoms with E-state index >= 15 is 0 Å². The van der Waals surface area contributed by atoms with E-state index in [9.17, 15) is 4.79 Å². The van der Waals surface area contributed by atoms with E-state index in [4.69, 9.17) is 5.73 Å². The fraction of sp³-hybridized carbons (Fsp3) is 0.250. The summed E-state index contributed by atoms with van der Waals surface area (Å²) in [6.45, 7) is 4.14. The Morgan fingerprint density at radius 1 is 1.15 bits per heavy atom. The first-order valence-corrected chi connectivity index (χ1v) is 6.80. The second-order valence-corrected chi connectivity index (χ2v) is 4.55. The van der Waals surface area contributed by atoms with Crippen molar-refractivity contribution in [3.8, 4) is 0 Å². The molecule has 1 heterocycles. The van der Waals surface area contributed by atoms with Crippen LogP contribution in [0.4, 0.5) is 11.4 Å². The van der Waals surface area contributed by atoms with Crippen LogP contribution in [0.25, 0.3) is 0 Å². The maximum Gasteiger partial charge on any atom is 0.276 e. The van der Waals surface area contributed by atoms with Gasteiger partial charge in [0.15, 0.2) is 5.69 Å². The molecule has 0 aliphatic carbocycles. The van der Waals surface area contributed by atoms with Crippen LogP contribution in [0, 0.1) is 0 Å². The second-order valence-electron chi connectivity index (χ2n) is 4.55. The number of benzene rings is 1. The zero-order chi connectivity index (χ0) is 14.5. The smallest absolute Gasteiger partial charge is 0.276 e. The molecule has 4 nitrogen and oxygen atoms in total. The summed E-state index contributed by atoms with van der Waals surface area (Å²) in [5.74, 6) is -0.265. The number of amides is 1. The highest BCUT2D eigenvalue weighted by Crippen LogP contribution is 2.23. The number of nitrogens with two attached hydrogens (primary N) is 1. The van der Waals surface area contributed by atoms with E-state index in [1.807, 2.05) is 18.2 Å². The lowest BCUT2D eigenvalue weighted by molar-refractivity contribution is 0.102. The number of hydrogen-bond acceptors (Lipinski definition) is 3. The summed E-state index contributed by atoms with van der Waals surface area (Å²) in [6, 6.07) is 9.45. The standard InChI is InChI=1S/C16H19N3O/c1-3-11-7-5-8-12(4-2)14(11)19-16(20)15-13(17)9-6-10-18-15/h5-10H,3-4,17H2,1-2H3,(H,19,20). The molecule has 2 rings (SSSR count). The van der Waals surface area contributed by atoms with Gasteiger partial charge in [0, 0.05) is 11.9 Å². The summed E-state index contributed by atoms with van der Waals surface area (Å²) < 4.78 is 0. The summed E-state index contributed by atoms with van der Waals surface area (Å²) in [4.78, 5) is 16.4. The van der Waals surface area contributed by atoms with Crippen LogP contribution in [0.15, 0.2) is 36.5 Å². The third-order valence-corrected chi connectivity index (χ3v) is 3.29. The molecule has 1 amide bonds. The molecule has 0 aliphatic heterocycles. The highest BCUT2D eigenvalue weighted by Gasteiger charge is 2.14. The Kier molecular flexibility index (Phi) is 4.35. The number of aryl methyl sites for hydroxylation is 2. The van der Waals surface area contributed by atoms with Crippen LogP contribution in [0.3, 0.4) is 0 Å². The number of anilines is 2. The van der Waals surface area contributed by atoms with Crippen LogP contribution in [0.5, 0.6) is 0 Å². The Bertz CT molecular complexity index is 601. The zero-order valence-electron chi connectivity index (χ0n) is 11.8. The lowest BCUT2D eigenvalue weighted by atomic mass is 10.0. The number of nitrogens with one attached hydrogen (secondary N) is 1. The van der Waals surface area contributed by atoms with Gasteiger partial charge in [-0.25, -0.2) is 4.98 Å². The number of carbonyl (C=O) groups excluding carboxylic acids is 1. The first-order valence-electron chi connectivity index (χ1n) is 6.80. The van der Waals surface area contributed by atoms with E-state index in [-0.39, 0.29) is 11.6 Å². The Hall–Kier alpha value is -2.36. The first-order chi connectivity index (χ1) is 9.67. The molecule has 0 spiro atoms. The van der Waals surface area contributed by atoms with Gasteiger partial charge in [0.1, 0.15) is 0 Å². The largest absolute Gasteiger partial charge is 0.397 e. The maximum atomic E-state index is 12.3. The average Bonchev–Trinajstić information content (AvgIpc) is 2.47. The van der Waals surface area contributed by atoms with E-state index in [0.717, 1.165) is 29.7 Å². The summed E-state index contributed by atoms with van der Waals surface area (Å²) >= 11 is 0. The van der Waals surface area contributed by atoms with Gasteiger partial charge in [-0.3, -0.25) is 4.79 Å². The zero-order valence-corrected chi connectivity index (χ0v) is 11.8. The maximum absolute atomic E-state index is 12.3. The molecule has 0 saturated carbocycles. The summed E-state index contributed by atoms with van der Waals surface area (Å²) in [5, 5.41) is 2.96. The van der Waals surface area contributed by atoms with Crippen LogP contribution in [-0.2, 0) is 12.8 Å². The monoisotopic (exact) mass is 269 g/mol. The van der Waals surface area contributed by atoms with Crippen LogP contribution in [0.1, 0.15) is 35.5 Å². The van der Waals surface area contributed by atoms with Crippen molar-refractivity contribution in [2.45, 2.75) is 26.7 Å². The Morgan fingerprint density at radius 3 is 2.35 bits per heavy atom. The number of para-hydroxylation sites is 1. The molecular formula is C16H19N3O. The number of carbonyl (C=O) groups is 1. The van der Waals surface area contributed by atoms with Gasteiger partial charge in [0.2, 0.25) is 0 Å². The molecule has 0 bridgehead atoms. The van der Waals surface area contributed by atoms with Gasteiger partial charge in [-0.05, 0) is 36.1 Å². The molecule has 1 aromatic heterocycles. The first kappa shape index (κ1) is 14.1. The summed E-state index contributed by atoms with van der Waals surface area (Å²) in [7, 11) is 0. The molecule has 0 radical (unpaired) electrons. The molecule has 0 fully saturated rings. The third-order valence-electron chi connectivity index (χ3n) is 3.29. The molecule has 0 aliphatic rings. The van der Waals surface area contributed by atoms with Gasteiger partial charge in [-0.2, -0.15) is 0 Å². The van der Waals surface area contributed by atoms with E-state index in [0.29, 0.717) is 5.69 Å². The minimum atomic E-state index is -0.265. The lowest BCUT2D eigenvalue weighted by Crippen LogP contribution is -2.17. The van der Waals surface area contributed by atoms with Crippen LogP contribution < -0.4 is 11.1 Å². The Balaban J connectivity index is 2.35. The van der Waals surface area contributed by atoms with E-state index in [1.165, 1.54) is 0 Å². The highest BCUT2D eigenvalue weighted by atomic mass is 16.1. The molecule has 0 saturated heterocycles. The van der Waals surface area contributed by atoms with E-state index in [2.05, 4.69) is 24.1 Å². The van der Waals surface area contributed by atoms with Crippen molar-refractivity contribution in [3.63, 3.8) is 0 Å². The Labute approximate surface area is 119 Å². The van der Waals surface area contributed by atoms with Crippen LogP contribution in [0.2, 0.25) is 0 Å². The van der Waals surface area contributed by atoms with Crippen molar-refractivity contribution in [1.29, 1.82) is 0 Å². The molecule has 1 aromatic carbocycles. The van der Waals surface area contributed by atoms with Gasteiger partial charge in [0.25, 0.3) is 5.91 Å². The molecular weight excluding hydrogens is 250 g/mol. The number of aromatic nitrogens is 1. The number of pyridine rings is 1. The van der Waals surface area contributed by atoms with Gasteiger partial charge < -0.3 is 11.1 Å². The third kappa shape index (κ3) is 2.79. The van der Waals surface area contributed by atoms with E-state index < -0.39 is 0 Å². The second kappa shape index (κ2) is 6.19. The molecule has 3 N–H and O–H groups in total. The normalized spacial score (nSPS) is 10.3. The quantitative estimate of drug-likeness (QED) is 0.896. The predicted molar refractivity (Wildman–Crippen MR) is 81.8 cm³/mol. The van der Waals surface area contributed by atoms with Crippen molar-refractivity contribution in [2.24, 2.45) is 0 Å². The van der Waals surface area contributed by atoms with Crippen LogP contribution >= 0.6 is 0 Å². The minimum Gasteiger partial charge on any atom is -0.397 e. The molecule has 2 aromatic rings. The fourth-order valence-corrected chi connectivity index (χ4v) is 2.18.